The van der Waals surface area contributed by atoms with Crippen molar-refractivity contribution in [3.05, 3.63) is 24.8 Å². The highest BCUT2D eigenvalue weighted by Gasteiger charge is 2.07. The van der Waals surface area contributed by atoms with Gasteiger partial charge in [0, 0.05) is 5.71 Å². The van der Waals surface area contributed by atoms with Gasteiger partial charge < -0.3 is 10.8 Å². The molecule has 0 aromatic rings. The molecule has 0 saturated carbocycles. The predicted molar refractivity (Wildman–Crippen MR) is 68.1 cm³/mol. The molecule has 0 bridgehead atoms. The molecule has 0 aliphatic carbocycles. The molecule has 0 aromatic heterocycles. The van der Waals surface area contributed by atoms with E-state index in [1.807, 2.05) is 6.92 Å². The summed E-state index contributed by atoms with van der Waals surface area (Å²) in [7, 11) is 0. The molecule has 0 amide bonds. The fourth-order valence-electron chi connectivity index (χ4n) is 1.46. The average Bonchev–Trinajstić information content (AvgIpc) is 2.21. The lowest BCUT2D eigenvalue weighted by Gasteiger charge is -2.14. The lowest BCUT2D eigenvalue weighted by molar-refractivity contribution is 0.478. The Hall–Kier alpha value is -1.18. The zero-order valence-electron chi connectivity index (χ0n) is 9.68. The minimum absolute atomic E-state index is 0.513. The zero-order valence-corrected chi connectivity index (χ0v) is 9.68. The van der Waals surface area contributed by atoms with E-state index in [9.17, 15) is 0 Å². The summed E-state index contributed by atoms with van der Waals surface area (Å²) in [4.78, 5) is 0. The fourth-order valence-corrected chi connectivity index (χ4v) is 1.46. The Morgan fingerprint density at radius 1 is 1.33 bits per heavy atom. The first-order valence-electron chi connectivity index (χ1n) is 5.43. The van der Waals surface area contributed by atoms with Crippen LogP contribution in [-0.4, -0.2) is 11.9 Å². The molecule has 0 aromatic carbocycles. The Morgan fingerprint density at radius 3 is 2.40 bits per heavy atom. The van der Waals surface area contributed by atoms with E-state index in [2.05, 4.69) is 13.2 Å². The maximum atomic E-state index is 7.38. The molecule has 15 heavy (non-hydrogen) atoms. The summed E-state index contributed by atoms with van der Waals surface area (Å²) in [6.45, 7) is 9.40. The molecule has 2 N–H and O–H groups in total. The Kier molecular flexibility index (Phi) is 7.51. The fraction of sp³-hybridized carbons (Fsp3) is 0.538. The first-order valence-corrected chi connectivity index (χ1v) is 5.43. The van der Waals surface area contributed by atoms with E-state index in [0.29, 0.717) is 5.92 Å². The van der Waals surface area contributed by atoms with Gasteiger partial charge >= 0.3 is 0 Å². The van der Waals surface area contributed by atoms with E-state index in [0.717, 1.165) is 43.4 Å². The normalized spacial score (nSPS) is 11.8. The van der Waals surface area contributed by atoms with Gasteiger partial charge in [0.25, 0.3) is 0 Å². The van der Waals surface area contributed by atoms with Crippen molar-refractivity contribution in [3.63, 3.8) is 0 Å². The van der Waals surface area contributed by atoms with Crippen molar-refractivity contribution >= 4 is 11.9 Å². The maximum Gasteiger partial charge on any atom is 0.00583 e. The first-order chi connectivity index (χ1) is 7.10. The van der Waals surface area contributed by atoms with Crippen molar-refractivity contribution < 1.29 is 0 Å². The third-order valence-electron chi connectivity index (χ3n) is 2.54. The van der Waals surface area contributed by atoms with Crippen molar-refractivity contribution in [2.45, 2.75) is 39.0 Å². The topological polar surface area (TPSA) is 47.7 Å². The molecule has 0 saturated heterocycles. The third kappa shape index (κ3) is 7.86. The summed E-state index contributed by atoms with van der Waals surface area (Å²) in [5, 5.41) is 14.5. The molecule has 0 rings (SSSR count). The second-order valence-electron chi connectivity index (χ2n) is 4.03. The van der Waals surface area contributed by atoms with Crippen molar-refractivity contribution in [1.29, 1.82) is 10.8 Å². The summed E-state index contributed by atoms with van der Waals surface area (Å²) >= 11 is 0. The summed E-state index contributed by atoms with van der Waals surface area (Å²) in [6.07, 6.45) is 7.95. The van der Waals surface area contributed by atoms with Crippen LogP contribution in [-0.2, 0) is 0 Å². The van der Waals surface area contributed by atoms with Crippen LogP contribution in [0.3, 0.4) is 0 Å². The third-order valence-corrected chi connectivity index (χ3v) is 2.54. The molecule has 0 heterocycles. The van der Waals surface area contributed by atoms with Gasteiger partial charge in [-0.05, 0) is 51.2 Å². The van der Waals surface area contributed by atoms with E-state index in [1.165, 1.54) is 6.21 Å². The van der Waals surface area contributed by atoms with Crippen molar-refractivity contribution in [2.75, 3.05) is 0 Å². The SMILES string of the molecule is C=CC(=C)CCC(CC=N)CCC(C)=N. The molecule has 0 fully saturated rings. The molecule has 1 atom stereocenters. The lowest BCUT2D eigenvalue weighted by Crippen LogP contribution is -2.04. The van der Waals surface area contributed by atoms with Crippen LogP contribution in [0.1, 0.15) is 39.0 Å². The maximum absolute atomic E-state index is 7.38. The molecule has 2 nitrogen and oxygen atoms in total. The van der Waals surface area contributed by atoms with E-state index >= 15 is 0 Å². The van der Waals surface area contributed by atoms with Gasteiger partial charge in [0.1, 0.15) is 0 Å². The van der Waals surface area contributed by atoms with Crippen LogP contribution in [0.2, 0.25) is 0 Å². The Labute approximate surface area is 93.1 Å². The van der Waals surface area contributed by atoms with Gasteiger partial charge in [-0.1, -0.05) is 24.8 Å². The Morgan fingerprint density at radius 2 is 1.93 bits per heavy atom. The largest absolute Gasteiger partial charge is 0.313 e. The van der Waals surface area contributed by atoms with E-state index in [4.69, 9.17) is 10.8 Å². The molecule has 0 aliphatic rings. The van der Waals surface area contributed by atoms with Crippen LogP contribution in [0.4, 0.5) is 0 Å². The standard InChI is InChI=1S/C13H22N2/c1-4-11(2)5-7-13(9-10-14)8-6-12(3)15/h4,10,13-15H,1-2,5-9H2,3H3. The molecular weight excluding hydrogens is 184 g/mol. The van der Waals surface area contributed by atoms with Crippen LogP contribution < -0.4 is 0 Å². The second-order valence-corrected chi connectivity index (χ2v) is 4.03. The number of rotatable bonds is 9. The van der Waals surface area contributed by atoms with Gasteiger partial charge in [-0.15, -0.1) is 0 Å². The van der Waals surface area contributed by atoms with Crippen LogP contribution in [0.25, 0.3) is 0 Å². The monoisotopic (exact) mass is 206 g/mol. The molecule has 0 aliphatic heterocycles. The van der Waals surface area contributed by atoms with Gasteiger partial charge in [0.15, 0.2) is 0 Å². The van der Waals surface area contributed by atoms with Crippen LogP contribution in [0.15, 0.2) is 24.8 Å². The predicted octanol–water partition coefficient (Wildman–Crippen LogP) is 3.98. The highest BCUT2D eigenvalue weighted by molar-refractivity contribution is 5.78. The van der Waals surface area contributed by atoms with Crippen molar-refractivity contribution in [2.24, 2.45) is 5.92 Å². The van der Waals surface area contributed by atoms with Gasteiger partial charge in [-0.3, -0.25) is 0 Å². The second kappa shape index (κ2) is 8.16. The van der Waals surface area contributed by atoms with Gasteiger partial charge in [0.05, 0.1) is 0 Å². The lowest BCUT2D eigenvalue weighted by atomic mass is 9.92. The van der Waals surface area contributed by atoms with Crippen molar-refractivity contribution in [1.82, 2.24) is 0 Å². The van der Waals surface area contributed by atoms with Gasteiger partial charge in [0.2, 0.25) is 0 Å². The quantitative estimate of drug-likeness (QED) is 0.423. The van der Waals surface area contributed by atoms with E-state index in [1.54, 1.807) is 6.08 Å². The number of allylic oxidation sites excluding steroid dienone is 2. The molecular formula is C13H22N2. The highest BCUT2D eigenvalue weighted by atomic mass is 14.4. The van der Waals surface area contributed by atoms with E-state index < -0.39 is 0 Å². The first kappa shape index (κ1) is 13.8. The minimum Gasteiger partial charge on any atom is -0.313 e. The highest BCUT2D eigenvalue weighted by Crippen LogP contribution is 2.19. The molecule has 1 unspecified atom stereocenters. The van der Waals surface area contributed by atoms with E-state index in [-0.39, 0.29) is 0 Å². The summed E-state index contributed by atoms with van der Waals surface area (Å²) in [5.41, 5.74) is 1.80. The average molecular weight is 206 g/mol. The number of hydrogen-bond donors (Lipinski definition) is 2. The number of hydrogen-bond acceptors (Lipinski definition) is 2. The Bertz CT molecular complexity index is 241. The Balaban J connectivity index is 3.91. The zero-order chi connectivity index (χ0) is 11.7. The summed E-state index contributed by atoms with van der Waals surface area (Å²) in [6, 6.07) is 0. The van der Waals surface area contributed by atoms with Gasteiger partial charge in [-0.2, -0.15) is 0 Å². The number of nitrogens with one attached hydrogen (secondary N) is 2. The minimum atomic E-state index is 0.513. The van der Waals surface area contributed by atoms with Crippen molar-refractivity contribution in [3.8, 4) is 0 Å². The molecule has 84 valence electrons. The summed E-state index contributed by atoms with van der Waals surface area (Å²) < 4.78 is 0. The van der Waals surface area contributed by atoms with Crippen LogP contribution >= 0.6 is 0 Å². The summed E-state index contributed by atoms with van der Waals surface area (Å²) in [5.74, 6) is 0.513. The molecule has 0 radical (unpaired) electrons. The van der Waals surface area contributed by atoms with Gasteiger partial charge in [-0.25, -0.2) is 0 Å². The molecule has 2 heteroatoms. The molecule has 0 spiro atoms. The van der Waals surface area contributed by atoms with Crippen LogP contribution in [0, 0.1) is 16.7 Å². The smallest absolute Gasteiger partial charge is 0.00583 e. The van der Waals surface area contributed by atoms with Crippen LogP contribution in [0.5, 0.6) is 0 Å².